The fourth-order valence-electron chi connectivity index (χ4n) is 2.62. The molecule has 0 aliphatic heterocycles. The molecule has 3 N–H and O–H groups in total. The molecule has 0 saturated heterocycles. The molecule has 1 aromatic rings. The molecule has 1 aliphatic carbocycles. The zero-order chi connectivity index (χ0) is 14.4. The van der Waals surface area contributed by atoms with Crippen molar-refractivity contribution >= 4 is 23.4 Å². The minimum Gasteiger partial charge on any atom is -0.394 e. The number of carbonyl (C=O) groups is 1. The predicted molar refractivity (Wildman–Crippen MR) is 83.1 cm³/mol. The number of nitrogens with one attached hydrogen (secondary N) is 2. The molecule has 1 saturated carbocycles. The standard InChI is InChI=1S/C15H22N2O2S/c1-20-13-6-4-5-12(9-13)17-14(19)10-16-15(11-18)7-2-3-8-15/h4-6,9,16,18H,2-3,7-8,10-11H2,1H3,(H,17,19). The predicted octanol–water partition coefficient (Wildman–Crippen LogP) is 2.24. The molecule has 5 heteroatoms. The second-order valence-corrected chi connectivity index (χ2v) is 6.16. The van der Waals surface area contributed by atoms with Gasteiger partial charge in [0.2, 0.25) is 5.91 Å². The summed E-state index contributed by atoms with van der Waals surface area (Å²) in [6.45, 7) is 0.340. The Morgan fingerprint density at radius 3 is 2.80 bits per heavy atom. The van der Waals surface area contributed by atoms with Gasteiger partial charge >= 0.3 is 0 Å². The summed E-state index contributed by atoms with van der Waals surface area (Å²) >= 11 is 1.65. The van der Waals surface area contributed by atoms with Crippen LogP contribution in [-0.2, 0) is 4.79 Å². The molecular weight excluding hydrogens is 272 g/mol. The summed E-state index contributed by atoms with van der Waals surface area (Å²) in [5.74, 6) is -0.0667. The first-order valence-electron chi connectivity index (χ1n) is 6.97. The monoisotopic (exact) mass is 294 g/mol. The molecule has 1 fully saturated rings. The van der Waals surface area contributed by atoms with Gasteiger partial charge in [0, 0.05) is 16.1 Å². The summed E-state index contributed by atoms with van der Waals surface area (Å²) in [5.41, 5.74) is 0.562. The summed E-state index contributed by atoms with van der Waals surface area (Å²) in [4.78, 5) is 13.1. The van der Waals surface area contributed by atoms with Gasteiger partial charge in [0.05, 0.1) is 13.2 Å². The molecule has 1 aromatic carbocycles. The van der Waals surface area contributed by atoms with Crippen molar-refractivity contribution in [3.8, 4) is 0 Å². The highest BCUT2D eigenvalue weighted by atomic mass is 32.2. The Morgan fingerprint density at radius 1 is 1.40 bits per heavy atom. The van der Waals surface area contributed by atoms with E-state index in [1.807, 2.05) is 30.5 Å². The van der Waals surface area contributed by atoms with Gasteiger partial charge in [-0.15, -0.1) is 11.8 Å². The van der Waals surface area contributed by atoms with Crippen molar-refractivity contribution in [2.45, 2.75) is 36.1 Å². The van der Waals surface area contributed by atoms with Crippen LogP contribution in [0.4, 0.5) is 5.69 Å². The van der Waals surface area contributed by atoms with Gasteiger partial charge in [0.15, 0.2) is 0 Å². The molecule has 2 rings (SSSR count). The maximum Gasteiger partial charge on any atom is 0.238 e. The number of amides is 1. The number of hydrogen-bond donors (Lipinski definition) is 3. The Balaban J connectivity index is 1.85. The van der Waals surface area contributed by atoms with Crippen LogP contribution in [0.5, 0.6) is 0 Å². The van der Waals surface area contributed by atoms with Crippen molar-refractivity contribution in [1.29, 1.82) is 0 Å². The van der Waals surface area contributed by atoms with E-state index in [9.17, 15) is 9.90 Å². The molecule has 0 radical (unpaired) electrons. The van der Waals surface area contributed by atoms with Crippen LogP contribution in [0.3, 0.4) is 0 Å². The lowest BCUT2D eigenvalue weighted by Gasteiger charge is -2.27. The molecule has 110 valence electrons. The van der Waals surface area contributed by atoms with Crippen LogP contribution < -0.4 is 10.6 Å². The molecule has 0 bridgehead atoms. The van der Waals surface area contributed by atoms with E-state index in [4.69, 9.17) is 0 Å². The van der Waals surface area contributed by atoms with Gasteiger partial charge in [-0.3, -0.25) is 4.79 Å². The van der Waals surface area contributed by atoms with Crippen LogP contribution in [0.15, 0.2) is 29.2 Å². The highest BCUT2D eigenvalue weighted by Gasteiger charge is 2.32. The Bertz CT molecular complexity index is 459. The second kappa shape index (κ2) is 7.11. The number of rotatable bonds is 6. The van der Waals surface area contributed by atoms with E-state index in [0.29, 0.717) is 0 Å². The lowest BCUT2D eigenvalue weighted by Crippen LogP contribution is -2.49. The molecule has 0 atom stereocenters. The molecule has 4 nitrogen and oxygen atoms in total. The van der Waals surface area contributed by atoms with Gasteiger partial charge < -0.3 is 15.7 Å². The van der Waals surface area contributed by atoms with Crippen molar-refractivity contribution in [2.24, 2.45) is 0 Å². The Hall–Kier alpha value is -1.04. The lowest BCUT2D eigenvalue weighted by atomic mass is 9.99. The smallest absolute Gasteiger partial charge is 0.238 e. The van der Waals surface area contributed by atoms with E-state index >= 15 is 0 Å². The summed E-state index contributed by atoms with van der Waals surface area (Å²) < 4.78 is 0. The Kier molecular flexibility index (Phi) is 5.46. The molecule has 0 spiro atoms. The maximum atomic E-state index is 12.0. The van der Waals surface area contributed by atoms with Gasteiger partial charge in [-0.2, -0.15) is 0 Å². The van der Waals surface area contributed by atoms with E-state index in [0.717, 1.165) is 36.3 Å². The number of anilines is 1. The quantitative estimate of drug-likeness (QED) is 0.704. The van der Waals surface area contributed by atoms with E-state index in [1.54, 1.807) is 11.8 Å². The van der Waals surface area contributed by atoms with Crippen LogP contribution >= 0.6 is 11.8 Å². The zero-order valence-corrected chi connectivity index (χ0v) is 12.6. The minimum atomic E-state index is -0.252. The van der Waals surface area contributed by atoms with E-state index < -0.39 is 0 Å². The summed E-state index contributed by atoms with van der Waals surface area (Å²) in [6, 6.07) is 7.79. The molecular formula is C15H22N2O2S. The van der Waals surface area contributed by atoms with Crippen molar-refractivity contribution in [2.75, 3.05) is 24.7 Å². The van der Waals surface area contributed by atoms with Crippen molar-refractivity contribution in [3.05, 3.63) is 24.3 Å². The van der Waals surface area contributed by atoms with Crippen molar-refractivity contribution in [1.82, 2.24) is 5.32 Å². The Morgan fingerprint density at radius 2 is 2.15 bits per heavy atom. The minimum absolute atomic E-state index is 0.0667. The third-order valence-electron chi connectivity index (χ3n) is 3.84. The van der Waals surface area contributed by atoms with Gasteiger partial charge in [0.25, 0.3) is 0 Å². The maximum absolute atomic E-state index is 12.0. The van der Waals surface area contributed by atoms with Crippen LogP contribution in [0.25, 0.3) is 0 Å². The molecule has 1 aliphatic rings. The van der Waals surface area contributed by atoms with Gasteiger partial charge in [-0.25, -0.2) is 0 Å². The first-order valence-corrected chi connectivity index (χ1v) is 8.20. The third kappa shape index (κ3) is 3.98. The van der Waals surface area contributed by atoms with E-state index in [1.165, 1.54) is 0 Å². The SMILES string of the molecule is CSc1cccc(NC(=O)CNC2(CO)CCCC2)c1. The number of benzene rings is 1. The van der Waals surface area contributed by atoms with Crippen LogP contribution in [-0.4, -0.2) is 36.0 Å². The molecule has 0 aromatic heterocycles. The highest BCUT2D eigenvalue weighted by Crippen LogP contribution is 2.28. The Labute approximate surface area is 124 Å². The summed E-state index contributed by atoms with van der Waals surface area (Å²) in [7, 11) is 0. The van der Waals surface area contributed by atoms with Gasteiger partial charge in [-0.1, -0.05) is 18.9 Å². The van der Waals surface area contributed by atoms with Crippen molar-refractivity contribution in [3.63, 3.8) is 0 Å². The number of thioether (sulfide) groups is 1. The average Bonchev–Trinajstić information content (AvgIpc) is 2.95. The average molecular weight is 294 g/mol. The summed E-state index contributed by atoms with van der Waals surface area (Å²) in [5, 5.41) is 15.6. The molecule has 0 unspecified atom stereocenters. The first-order chi connectivity index (χ1) is 9.67. The molecule has 20 heavy (non-hydrogen) atoms. The largest absolute Gasteiger partial charge is 0.394 e. The molecule has 0 heterocycles. The third-order valence-corrected chi connectivity index (χ3v) is 4.57. The van der Waals surface area contributed by atoms with Gasteiger partial charge in [0.1, 0.15) is 0 Å². The van der Waals surface area contributed by atoms with Crippen LogP contribution in [0.1, 0.15) is 25.7 Å². The van der Waals surface area contributed by atoms with E-state index in [-0.39, 0.29) is 24.6 Å². The first kappa shape index (κ1) is 15.4. The number of aliphatic hydroxyl groups is 1. The van der Waals surface area contributed by atoms with Crippen LogP contribution in [0.2, 0.25) is 0 Å². The van der Waals surface area contributed by atoms with Gasteiger partial charge in [-0.05, 0) is 37.3 Å². The topological polar surface area (TPSA) is 61.4 Å². The fourth-order valence-corrected chi connectivity index (χ4v) is 3.08. The number of hydrogen-bond acceptors (Lipinski definition) is 4. The van der Waals surface area contributed by atoms with Crippen LogP contribution in [0, 0.1) is 0 Å². The zero-order valence-electron chi connectivity index (χ0n) is 11.8. The second-order valence-electron chi connectivity index (χ2n) is 5.28. The normalized spacial score (nSPS) is 17.1. The number of aliphatic hydroxyl groups excluding tert-OH is 1. The fraction of sp³-hybridized carbons (Fsp3) is 0.533. The van der Waals surface area contributed by atoms with E-state index in [2.05, 4.69) is 10.6 Å². The molecule has 1 amide bonds. The van der Waals surface area contributed by atoms with Crippen molar-refractivity contribution < 1.29 is 9.90 Å². The number of carbonyl (C=O) groups excluding carboxylic acids is 1. The summed E-state index contributed by atoms with van der Waals surface area (Å²) in [6.07, 6.45) is 6.13. The highest BCUT2D eigenvalue weighted by molar-refractivity contribution is 7.98. The lowest BCUT2D eigenvalue weighted by molar-refractivity contribution is -0.115.